The topological polar surface area (TPSA) is 120 Å². The molecule has 4 rings (SSSR count). The number of fused-ring (bicyclic) bond motifs is 2. The molecule has 1 fully saturated rings. The number of hydrogen-bond donors (Lipinski definition) is 0. The molecule has 0 atom stereocenters. The molecule has 2 aromatic carbocycles. The van der Waals surface area contributed by atoms with Crippen molar-refractivity contribution in [3.63, 3.8) is 0 Å². The predicted octanol–water partition coefficient (Wildman–Crippen LogP) is 4.78. The molecule has 2 aliphatic heterocycles. The van der Waals surface area contributed by atoms with E-state index >= 15 is 0 Å². The first-order valence-electron chi connectivity index (χ1n) is 21.9. The Labute approximate surface area is 373 Å². The minimum absolute atomic E-state index is 0.511. The maximum absolute atomic E-state index is 6.40. The number of anilines is 2. The standard InChI is InChI=1S/C44H72ClN3O12S/c1-49-17-18-51-21-22-53-25-26-55-29-30-57-33-34-59-37-38-60-36-35-58-32-31-56-28-27-54-24-23-52-20-19-50-16-15-47-13-11-46(12-14-47)9-4-10-48-41-5-2-3-6-43(41)61-44-8-7-40(45)39-42(44)48/h2-3,5-8,39H,4,9-38H2,1H3. The van der Waals surface area contributed by atoms with Crippen molar-refractivity contribution >= 4 is 34.7 Å². The highest BCUT2D eigenvalue weighted by molar-refractivity contribution is 7.99. The zero-order chi connectivity index (χ0) is 42.7. The van der Waals surface area contributed by atoms with Gasteiger partial charge in [-0.1, -0.05) is 35.5 Å². The number of nitrogens with zero attached hydrogens (tertiary/aromatic N) is 3. The van der Waals surface area contributed by atoms with Gasteiger partial charge in [0.25, 0.3) is 0 Å². The quantitative estimate of drug-likeness (QED) is 0.0854. The summed E-state index contributed by atoms with van der Waals surface area (Å²) in [5.74, 6) is 0. The van der Waals surface area contributed by atoms with Crippen molar-refractivity contribution in [2.45, 2.75) is 16.2 Å². The number of ether oxygens (including phenoxy) is 12. The number of piperazine rings is 1. The molecule has 2 aliphatic rings. The third kappa shape index (κ3) is 24.3. The van der Waals surface area contributed by atoms with Gasteiger partial charge >= 0.3 is 0 Å². The summed E-state index contributed by atoms with van der Waals surface area (Å²) in [6, 6.07) is 14.9. The van der Waals surface area contributed by atoms with Gasteiger partial charge in [0, 0.05) is 61.2 Å². The Bertz CT molecular complexity index is 1350. The zero-order valence-electron chi connectivity index (χ0n) is 36.5. The summed E-state index contributed by atoms with van der Waals surface area (Å²) in [4.78, 5) is 10.1. The lowest BCUT2D eigenvalue weighted by atomic mass is 10.2. The smallest absolute Gasteiger partial charge is 0.0701 e. The minimum atomic E-state index is 0.511. The molecule has 2 heterocycles. The molecule has 61 heavy (non-hydrogen) atoms. The summed E-state index contributed by atoms with van der Waals surface area (Å²) in [6.07, 6.45) is 1.10. The fraction of sp³-hybridized carbons (Fsp3) is 0.727. The van der Waals surface area contributed by atoms with E-state index in [1.54, 1.807) is 7.11 Å². The molecular weight excluding hydrogens is 830 g/mol. The number of halogens is 1. The summed E-state index contributed by atoms with van der Waals surface area (Å²) < 4.78 is 65.8. The van der Waals surface area contributed by atoms with Gasteiger partial charge in [0.05, 0.1) is 163 Å². The molecule has 0 aliphatic carbocycles. The molecule has 17 heteroatoms. The Balaban J connectivity index is 0.805. The van der Waals surface area contributed by atoms with Gasteiger partial charge in [0.1, 0.15) is 0 Å². The van der Waals surface area contributed by atoms with Crippen LogP contribution in [0, 0.1) is 0 Å². The van der Waals surface area contributed by atoms with Gasteiger partial charge in [-0.2, -0.15) is 0 Å². The van der Waals surface area contributed by atoms with Crippen LogP contribution < -0.4 is 4.90 Å². The summed E-state index contributed by atoms with van der Waals surface area (Å²) in [5, 5.41) is 0.782. The highest BCUT2D eigenvalue weighted by atomic mass is 35.5. The Hall–Kier alpha value is -1.68. The van der Waals surface area contributed by atoms with E-state index in [0.717, 1.165) is 63.9 Å². The van der Waals surface area contributed by atoms with Crippen molar-refractivity contribution in [3.05, 3.63) is 47.5 Å². The van der Waals surface area contributed by atoms with Crippen LogP contribution in [0.4, 0.5) is 11.4 Å². The van der Waals surface area contributed by atoms with E-state index in [1.165, 1.54) is 21.2 Å². The van der Waals surface area contributed by atoms with Crippen LogP contribution in [0.15, 0.2) is 52.3 Å². The number of para-hydroxylation sites is 1. The fourth-order valence-electron chi connectivity index (χ4n) is 6.37. The third-order valence-corrected chi connectivity index (χ3v) is 11.0. The Morgan fingerprint density at radius 1 is 0.426 bits per heavy atom. The first-order valence-corrected chi connectivity index (χ1v) is 23.1. The van der Waals surface area contributed by atoms with Gasteiger partial charge in [-0.25, -0.2) is 0 Å². The maximum atomic E-state index is 6.40. The fourth-order valence-corrected chi connectivity index (χ4v) is 7.61. The lowest BCUT2D eigenvalue weighted by Crippen LogP contribution is -2.47. The number of benzene rings is 2. The van der Waals surface area contributed by atoms with Crippen LogP contribution in [0.2, 0.25) is 5.02 Å². The monoisotopic (exact) mass is 901 g/mol. The van der Waals surface area contributed by atoms with Gasteiger partial charge in [-0.3, -0.25) is 4.90 Å². The Morgan fingerprint density at radius 2 is 0.803 bits per heavy atom. The average Bonchev–Trinajstić information content (AvgIpc) is 3.28. The normalized spacial score (nSPS) is 14.5. The molecular formula is C44H72ClN3O12S. The van der Waals surface area contributed by atoms with E-state index < -0.39 is 0 Å². The highest BCUT2D eigenvalue weighted by Gasteiger charge is 2.24. The lowest BCUT2D eigenvalue weighted by molar-refractivity contribution is -0.0282. The molecule has 1 saturated heterocycles. The maximum Gasteiger partial charge on any atom is 0.0701 e. The van der Waals surface area contributed by atoms with Crippen LogP contribution >= 0.6 is 23.4 Å². The molecule has 0 radical (unpaired) electrons. The first-order chi connectivity index (χ1) is 30.2. The van der Waals surface area contributed by atoms with E-state index in [1.807, 2.05) is 17.8 Å². The van der Waals surface area contributed by atoms with Crippen LogP contribution in [0.5, 0.6) is 0 Å². The van der Waals surface area contributed by atoms with Crippen LogP contribution in [0.3, 0.4) is 0 Å². The summed E-state index contributed by atoms with van der Waals surface area (Å²) in [5.41, 5.74) is 2.49. The average molecular weight is 903 g/mol. The molecule has 0 unspecified atom stereocenters. The van der Waals surface area contributed by atoms with Crippen LogP contribution in [0.1, 0.15) is 6.42 Å². The third-order valence-electron chi connectivity index (χ3n) is 9.61. The van der Waals surface area contributed by atoms with Gasteiger partial charge in [-0.05, 0) is 43.3 Å². The Morgan fingerprint density at radius 3 is 1.25 bits per heavy atom. The molecule has 15 nitrogen and oxygen atoms in total. The van der Waals surface area contributed by atoms with Gasteiger partial charge in [-0.15, -0.1) is 0 Å². The van der Waals surface area contributed by atoms with Gasteiger partial charge in [0.2, 0.25) is 0 Å². The van der Waals surface area contributed by atoms with Crippen molar-refractivity contribution in [2.24, 2.45) is 0 Å². The second kappa shape index (κ2) is 35.6. The molecule has 348 valence electrons. The summed E-state index contributed by atoms with van der Waals surface area (Å²) >= 11 is 8.22. The van der Waals surface area contributed by atoms with Crippen molar-refractivity contribution < 1.29 is 56.8 Å². The molecule has 0 spiro atoms. The van der Waals surface area contributed by atoms with Crippen LogP contribution in [0.25, 0.3) is 0 Å². The van der Waals surface area contributed by atoms with E-state index in [0.29, 0.717) is 145 Å². The van der Waals surface area contributed by atoms with Crippen LogP contribution in [-0.4, -0.2) is 215 Å². The number of rotatable bonds is 40. The van der Waals surface area contributed by atoms with Crippen molar-refractivity contribution in [1.82, 2.24) is 9.80 Å². The van der Waals surface area contributed by atoms with Crippen molar-refractivity contribution in [3.8, 4) is 0 Å². The zero-order valence-corrected chi connectivity index (χ0v) is 38.1. The van der Waals surface area contributed by atoms with Crippen molar-refractivity contribution in [1.29, 1.82) is 0 Å². The first kappa shape index (κ1) is 51.9. The lowest BCUT2D eigenvalue weighted by Gasteiger charge is -2.36. The minimum Gasteiger partial charge on any atom is -0.382 e. The van der Waals surface area contributed by atoms with Crippen molar-refractivity contribution in [2.75, 3.05) is 210 Å². The second-order valence-corrected chi connectivity index (χ2v) is 15.6. The SMILES string of the molecule is COCCOCCOCCOCCOCCOCCOCCOCCOCCOCCOCCOCCN1CCN(CCCN2c3ccccc3Sc3ccc(Cl)cc32)CC1. The predicted molar refractivity (Wildman–Crippen MR) is 237 cm³/mol. The number of hydrogen-bond acceptors (Lipinski definition) is 16. The highest BCUT2D eigenvalue weighted by Crippen LogP contribution is 2.48. The van der Waals surface area contributed by atoms with E-state index in [-0.39, 0.29) is 0 Å². The molecule has 0 amide bonds. The molecule has 0 saturated carbocycles. The largest absolute Gasteiger partial charge is 0.382 e. The summed E-state index contributed by atoms with van der Waals surface area (Å²) in [6.45, 7) is 19.8. The van der Waals surface area contributed by atoms with Gasteiger partial charge in [0.15, 0.2) is 0 Å². The molecule has 2 aromatic rings. The Kier molecular flexibility index (Phi) is 30.4. The van der Waals surface area contributed by atoms with E-state index in [4.69, 9.17) is 68.4 Å². The van der Waals surface area contributed by atoms with E-state index in [2.05, 4.69) is 51.1 Å². The molecule has 0 N–H and O–H groups in total. The van der Waals surface area contributed by atoms with Crippen LogP contribution in [-0.2, 0) is 56.8 Å². The summed E-state index contributed by atoms with van der Waals surface area (Å²) in [7, 11) is 1.65. The second-order valence-electron chi connectivity index (χ2n) is 14.1. The molecule has 0 bridgehead atoms. The van der Waals surface area contributed by atoms with E-state index in [9.17, 15) is 0 Å². The number of methoxy groups -OCH3 is 1. The van der Waals surface area contributed by atoms with Gasteiger partial charge < -0.3 is 66.6 Å². The molecule has 0 aromatic heterocycles.